The molecule has 1 amide bonds. The Kier molecular flexibility index (Phi) is 5.64. The number of amides is 1. The van der Waals surface area contributed by atoms with Crippen LogP contribution in [0.25, 0.3) is 11.3 Å². The number of aryl methyl sites for hydroxylation is 1. The van der Waals surface area contributed by atoms with E-state index in [1.807, 2.05) is 45.5 Å². The molecule has 2 aromatic rings. The van der Waals surface area contributed by atoms with Gasteiger partial charge in [-0.2, -0.15) is 5.10 Å². The number of ether oxygens (including phenoxy) is 2. The van der Waals surface area contributed by atoms with Gasteiger partial charge in [0.25, 0.3) is 0 Å². The summed E-state index contributed by atoms with van der Waals surface area (Å²) in [6.07, 6.45) is 3.94. The zero-order valence-electron chi connectivity index (χ0n) is 17.9. The molecule has 2 aromatic heterocycles. The lowest BCUT2D eigenvalue weighted by Gasteiger charge is -2.34. The Labute approximate surface area is 170 Å². The monoisotopic (exact) mass is 400 g/mol. The predicted octanol–water partition coefficient (Wildman–Crippen LogP) is 3.05. The summed E-state index contributed by atoms with van der Waals surface area (Å²) in [6.45, 7) is 8.09. The highest BCUT2D eigenvalue weighted by molar-refractivity contribution is 5.74. The Morgan fingerprint density at radius 2 is 2.00 bits per heavy atom. The third kappa shape index (κ3) is 4.41. The number of pyridine rings is 1. The average Bonchev–Trinajstić information content (AvgIpc) is 2.97. The summed E-state index contributed by atoms with van der Waals surface area (Å²) in [5.74, 6) is -0.308. The first-order valence-electron chi connectivity index (χ1n) is 9.67. The summed E-state index contributed by atoms with van der Waals surface area (Å²) in [6, 6.07) is 1.74. The SMILES string of the molecule is COC(=O)Cc1cncc(-c2c3c(nn2C)C(C)N(C(=O)OC(C)(C)C)CC3)c1. The number of esters is 1. The molecule has 3 rings (SSSR count). The maximum absolute atomic E-state index is 12.6. The van der Waals surface area contributed by atoms with Crippen LogP contribution in [0.5, 0.6) is 0 Å². The van der Waals surface area contributed by atoms with Gasteiger partial charge in [-0.1, -0.05) is 0 Å². The van der Waals surface area contributed by atoms with Gasteiger partial charge in [-0.25, -0.2) is 4.79 Å². The summed E-state index contributed by atoms with van der Waals surface area (Å²) in [5, 5.41) is 4.69. The van der Waals surface area contributed by atoms with Crippen molar-refractivity contribution < 1.29 is 19.1 Å². The molecule has 1 aliphatic heterocycles. The highest BCUT2D eigenvalue weighted by atomic mass is 16.6. The van der Waals surface area contributed by atoms with Gasteiger partial charge in [0, 0.05) is 37.1 Å². The number of hydrogen-bond donors (Lipinski definition) is 0. The predicted molar refractivity (Wildman–Crippen MR) is 107 cm³/mol. The molecule has 0 aliphatic carbocycles. The van der Waals surface area contributed by atoms with Gasteiger partial charge in [0.05, 0.1) is 31.0 Å². The summed E-state index contributed by atoms with van der Waals surface area (Å²) in [4.78, 5) is 30.2. The molecule has 0 aromatic carbocycles. The highest BCUT2D eigenvalue weighted by Crippen LogP contribution is 2.36. The van der Waals surface area contributed by atoms with Crippen LogP contribution < -0.4 is 0 Å². The Morgan fingerprint density at radius 3 is 2.66 bits per heavy atom. The van der Waals surface area contributed by atoms with Crippen molar-refractivity contribution in [3.05, 3.63) is 35.3 Å². The third-order valence-corrected chi connectivity index (χ3v) is 4.91. The molecule has 0 spiro atoms. The first-order chi connectivity index (χ1) is 13.6. The van der Waals surface area contributed by atoms with Gasteiger partial charge in [0.15, 0.2) is 0 Å². The maximum Gasteiger partial charge on any atom is 0.410 e. The van der Waals surface area contributed by atoms with Crippen LogP contribution in [0.2, 0.25) is 0 Å². The molecule has 0 bridgehead atoms. The van der Waals surface area contributed by atoms with Crippen molar-refractivity contribution in [3.63, 3.8) is 0 Å². The van der Waals surface area contributed by atoms with Crippen LogP contribution in [0.4, 0.5) is 4.79 Å². The second kappa shape index (κ2) is 7.85. The quantitative estimate of drug-likeness (QED) is 0.736. The molecule has 0 radical (unpaired) electrons. The number of carbonyl (C=O) groups is 2. The summed E-state index contributed by atoms with van der Waals surface area (Å²) in [5.41, 5.74) is 4.03. The van der Waals surface area contributed by atoms with E-state index in [0.717, 1.165) is 28.1 Å². The van der Waals surface area contributed by atoms with E-state index in [1.54, 1.807) is 17.3 Å². The van der Waals surface area contributed by atoms with E-state index in [-0.39, 0.29) is 24.5 Å². The third-order valence-electron chi connectivity index (χ3n) is 4.91. The number of fused-ring (bicyclic) bond motifs is 1. The lowest BCUT2D eigenvalue weighted by molar-refractivity contribution is -0.139. The normalized spacial score (nSPS) is 16.3. The van der Waals surface area contributed by atoms with E-state index in [4.69, 9.17) is 14.6 Å². The van der Waals surface area contributed by atoms with Crippen molar-refractivity contribution in [3.8, 4) is 11.3 Å². The summed E-state index contributed by atoms with van der Waals surface area (Å²) in [7, 11) is 3.25. The molecule has 0 saturated carbocycles. The van der Waals surface area contributed by atoms with E-state index in [9.17, 15) is 9.59 Å². The lowest BCUT2D eigenvalue weighted by atomic mass is 9.96. The molecule has 1 aliphatic rings. The lowest BCUT2D eigenvalue weighted by Crippen LogP contribution is -2.42. The Hall–Kier alpha value is -2.90. The second-order valence-electron chi connectivity index (χ2n) is 8.27. The van der Waals surface area contributed by atoms with Crippen molar-refractivity contribution >= 4 is 12.1 Å². The Balaban J connectivity index is 1.91. The maximum atomic E-state index is 12.6. The van der Waals surface area contributed by atoms with Crippen LogP contribution in [-0.4, -0.2) is 51.0 Å². The highest BCUT2D eigenvalue weighted by Gasteiger charge is 2.35. The average molecular weight is 400 g/mol. The molecule has 3 heterocycles. The molecule has 0 N–H and O–H groups in total. The first kappa shape index (κ1) is 20.8. The molecule has 8 heteroatoms. The molecule has 1 atom stereocenters. The summed E-state index contributed by atoms with van der Waals surface area (Å²) < 4.78 is 12.1. The van der Waals surface area contributed by atoms with Crippen molar-refractivity contribution in [2.75, 3.05) is 13.7 Å². The minimum Gasteiger partial charge on any atom is -0.469 e. The van der Waals surface area contributed by atoms with Gasteiger partial charge in [-0.3, -0.25) is 19.4 Å². The van der Waals surface area contributed by atoms with E-state index >= 15 is 0 Å². The standard InChI is InChI=1S/C21H28N4O4/c1-13-18-16(7-8-25(13)20(27)29-21(2,3)4)19(24(5)23-18)15-9-14(11-22-12-15)10-17(26)28-6/h9,11-13H,7-8,10H2,1-6H3. The largest absolute Gasteiger partial charge is 0.469 e. The number of methoxy groups -OCH3 is 1. The molecule has 8 nitrogen and oxygen atoms in total. The van der Waals surface area contributed by atoms with Gasteiger partial charge in [-0.15, -0.1) is 0 Å². The van der Waals surface area contributed by atoms with Crippen LogP contribution in [0.1, 0.15) is 50.6 Å². The van der Waals surface area contributed by atoms with E-state index in [0.29, 0.717) is 13.0 Å². The zero-order valence-corrected chi connectivity index (χ0v) is 17.9. The minimum absolute atomic E-state index is 0.167. The molecular formula is C21H28N4O4. The van der Waals surface area contributed by atoms with Gasteiger partial charge in [-0.05, 0) is 45.7 Å². The van der Waals surface area contributed by atoms with E-state index < -0.39 is 5.60 Å². The van der Waals surface area contributed by atoms with Gasteiger partial charge >= 0.3 is 12.1 Å². The van der Waals surface area contributed by atoms with Crippen LogP contribution in [-0.2, 0) is 34.2 Å². The molecule has 29 heavy (non-hydrogen) atoms. The van der Waals surface area contributed by atoms with Crippen molar-refractivity contribution in [2.24, 2.45) is 7.05 Å². The van der Waals surface area contributed by atoms with Crippen molar-refractivity contribution in [1.82, 2.24) is 19.7 Å². The van der Waals surface area contributed by atoms with E-state index in [2.05, 4.69) is 4.98 Å². The molecule has 0 saturated heterocycles. The smallest absolute Gasteiger partial charge is 0.410 e. The first-order valence-corrected chi connectivity index (χ1v) is 9.67. The van der Waals surface area contributed by atoms with E-state index in [1.165, 1.54) is 7.11 Å². The molecule has 1 unspecified atom stereocenters. The van der Waals surface area contributed by atoms with Crippen molar-refractivity contribution in [1.29, 1.82) is 0 Å². The molecule has 156 valence electrons. The van der Waals surface area contributed by atoms with Crippen LogP contribution >= 0.6 is 0 Å². The minimum atomic E-state index is -0.544. The number of nitrogens with zero attached hydrogens (tertiary/aromatic N) is 4. The van der Waals surface area contributed by atoms with Gasteiger partial charge < -0.3 is 9.47 Å². The summed E-state index contributed by atoms with van der Waals surface area (Å²) >= 11 is 0. The van der Waals surface area contributed by atoms with Gasteiger partial charge in [0.1, 0.15) is 5.60 Å². The fraction of sp³-hybridized carbons (Fsp3) is 0.524. The van der Waals surface area contributed by atoms with Crippen LogP contribution in [0, 0.1) is 0 Å². The van der Waals surface area contributed by atoms with Crippen molar-refractivity contribution in [2.45, 2.75) is 52.2 Å². The van der Waals surface area contributed by atoms with Crippen LogP contribution in [0.15, 0.2) is 18.5 Å². The number of aromatic nitrogens is 3. The zero-order chi connectivity index (χ0) is 21.3. The Bertz CT molecular complexity index is 929. The number of hydrogen-bond acceptors (Lipinski definition) is 6. The molecular weight excluding hydrogens is 372 g/mol. The fourth-order valence-electron chi connectivity index (χ4n) is 3.63. The number of rotatable bonds is 3. The fourth-order valence-corrected chi connectivity index (χ4v) is 3.63. The van der Waals surface area contributed by atoms with Gasteiger partial charge in [0.2, 0.25) is 0 Å². The van der Waals surface area contributed by atoms with Crippen LogP contribution in [0.3, 0.4) is 0 Å². The number of carbonyl (C=O) groups excluding carboxylic acids is 2. The second-order valence-corrected chi connectivity index (χ2v) is 8.27. The topological polar surface area (TPSA) is 86.5 Å². The Morgan fingerprint density at radius 1 is 1.28 bits per heavy atom. The molecule has 0 fully saturated rings.